The maximum Gasteiger partial charge on any atom is 0.296 e. The fourth-order valence-corrected chi connectivity index (χ4v) is 7.66. The van der Waals surface area contributed by atoms with Crippen LogP contribution < -0.4 is 15.4 Å². The van der Waals surface area contributed by atoms with Crippen LogP contribution >= 0.6 is 0 Å². The summed E-state index contributed by atoms with van der Waals surface area (Å²) in [5.74, 6) is -0.986. The minimum Gasteiger partial charge on any atom is -0.493 e. The van der Waals surface area contributed by atoms with Crippen LogP contribution in [0.25, 0.3) is 11.0 Å². The smallest absolute Gasteiger partial charge is 0.296 e. The number of aryl methyl sites for hydroxylation is 4. The molecule has 1 atom stereocenters. The number of carbonyl (C=O) groups excluding carboxylic acids is 6. The number of carbonyl (C=O) groups is 6. The van der Waals surface area contributed by atoms with Gasteiger partial charge in [0.2, 0.25) is 11.7 Å². The van der Waals surface area contributed by atoms with Gasteiger partial charge >= 0.3 is 0 Å². The number of rotatable bonds is 13. The Morgan fingerprint density at radius 3 is 2.52 bits per heavy atom. The van der Waals surface area contributed by atoms with Gasteiger partial charge in [-0.05, 0) is 62.1 Å². The van der Waals surface area contributed by atoms with Crippen molar-refractivity contribution in [2.75, 3.05) is 23.8 Å². The standard InChI is InChI=1S/C44H43N11O7/c1-24-10-31-19-45-33-16-37(25(2)11-32(33)43(60)54(31)20-24)62-9-7-8-39(58)49-38-23-53(6)41(50-38)42(59)48-30-15-34(52(5)22-30)36(57)13-27-12-35(51(4)21-27)44(61)55-40-29(18-47-55)14-28(17-46-40)26(3)56/h11-12,14-19,21-23,31H,1,7-10,13,20H2,2-6H3,(H,48,59)(H,49,58)/t31-/m0/s1. The first kappa shape index (κ1) is 41.0. The number of aliphatic imine (C=N–C) groups is 1. The summed E-state index contributed by atoms with van der Waals surface area (Å²) < 4.78 is 11.8. The van der Waals surface area contributed by atoms with Crippen molar-refractivity contribution in [1.29, 1.82) is 0 Å². The maximum absolute atomic E-state index is 13.5. The molecule has 18 heteroatoms. The Morgan fingerprint density at radius 2 is 1.73 bits per heavy atom. The first-order valence-corrected chi connectivity index (χ1v) is 19.8. The molecule has 7 heterocycles. The molecule has 6 aromatic rings. The first-order valence-electron chi connectivity index (χ1n) is 19.8. The van der Waals surface area contributed by atoms with E-state index in [1.165, 1.54) is 30.1 Å². The van der Waals surface area contributed by atoms with Crippen LogP contribution in [0, 0.1) is 6.92 Å². The van der Waals surface area contributed by atoms with Gasteiger partial charge in [-0.25, -0.2) is 9.97 Å². The summed E-state index contributed by atoms with van der Waals surface area (Å²) in [6.45, 7) is 8.08. The van der Waals surface area contributed by atoms with Crippen molar-refractivity contribution in [1.82, 2.24) is 38.3 Å². The van der Waals surface area contributed by atoms with E-state index in [0.29, 0.717) is 69.9 Å². The van der Waals surface area contributed by atoms with Crippen LogP contribution in [-0.2, 0) is 32.4 Å². The molecular weight excluding hydrogens is 795 g/mol. The zero-order chi connectivity index (χ0) is 44.0. The number of nitrogens with one attached hydrogen (secondary N) is 2. The number of aromatic nitrogens is 7. The number of amides is 3. The lowest BCUT2D eigenvalue weighted by atomic mass is 10.1. The van der Waals surface area contributed by atoms with Gasteiger partial charge in [0.25, 0.3) is 17.7 Å². The molecule has 0 saturated carbocycles. The second kappa shape index (κ2) is 16.4. The van der Waals surface area contributed by atoms with Gasteiger partial charge in [0, 0.05) is 88.5 Å². The third kappa shape index (κ3) is 8.09. The summed E-state index contributed by atoms with van der Waals surface area (Å²) in [5, 5.41) is 10.2. The van der Waals surface area contributed by atoms with E-state index in [1.807, 2.05) is 6.92 Å². The fraction of sp³-hybridized carbons (Fsp3) is 0.273. The molecule has 1 fully saturated rings. The van der Waals surface area contributed by atoms with Crippen LogP contribution in [0.2, 0.25) is 0 Å². The Morgan fingerprint density at radius 1 is 0.935 bits per heavy atom. The number of anilines is 2. The van der Waals surface area contributed by atoms with E-state index >= 15 is 0 Å². The van der Waals surface area contributed by atoms with Gasteiger partial charge in [-0.1, -0.05) is 12.2 Å². The predicted octanol–water partition coefficient (Wildman–Crippen LogP) is 5.00. The SMILES string of the molecule is C=C1C[C@H]2C=Nc3cc(OCCCC(=O)Nc4cn(C)c(C(=O)Nc5cc(C(=O)Cc6cc(C(=O)n7ncc8cc(C(C)=O)cnc87)n(C)c6)n(C)c5)n4)c(C)cc3C(=O)N2C1. The van der Waals surface area contributed by atoms with E-state index in [-0.39, 0.29) is 66.2 Å². The third-order valence-corrected chi connectivity index (χ3v) is 10.8. The third-order valence-electron chi connectivity index (χ3n) is 10.8. The zero-order valence-electron chi connectivity index (χ0n) is 34.8. The topological polar surface area (TPSA) is 210 Å². The van der Waals surface area contributed by atoms with Crippen molar-refractivity contribution in [3.8, 4) is 5.75 Å². The second-order valence-corrected chi connectivity index (χ2v) is 15.6. The molecule has 0 spiro atoms. The number of ether oxygens (including phenoxy) is 1. The van der Waals surface area contributed by atoms with Crippen molar-refractivity contribution in [2.24, 2.45) is 26.1 Å². The van der Waals surface area contributed by atoms with E-state index in [0.717, 1.165) is 15.8 Å². The summed E-state index contributed by atoms with van der Waals surface area (Å²) in [6.07, 6.45) is 10.7. The summed E-state index contributed by atoms with van der Waals surface area (Å²) in [6, 6.07) is 8.25. The summed E-state index contributed by atoms with van der Waals surface area (Å²) in [4.78, 5) is 93.0. The zero-order valence-corrected chi connectivity index (χ0v) is 34.8. The molecule has 8 rings (SSSR count). The van der Waals surface area contributed by atoms with Gasteiger partial charge < -0.3 is 34.0 Å². The van der Waals surface area contributed by atoms with Crippen LogP contribution in [0.4, 0.5) is 17.2 Å². The summed E-state index contributed by atoms with van der Waals surface area (Å²) in [7, 11) is 5.00. The summed E-state index contributed by atoms with van der Waals surface area (Å²) >= 11 is 0. The monoisotopic (exact) mass is 837 g/mol. The van der Waals surface area contributed by atoms with Crippen LogP contribution in [0.3, 0.4) is 0 Å². The Hall–Kier alpha value is -7.76. The highest BCUT2D eigenvalue weighted by molar-refractivity contribution is 6.05. The Balaban J connectivity index is 0.832. The highest BCUT2D eigenvalue weighted by Gasteiger charge is 2.34. The van der Waals surface area contributed by atoms with Crippen molar-refractivity contribution < 1.29 is 33.5 Å². The van der Waals surface area contributed by atoms with Crippen molar-refractivity contribution >= 4 is 69.6 Å². The molecule has 5 aromatic heterocycles. The number of imidazole rings is 1. The van der Waals surface area contributed by atoms with Crippen molar-refractivity contribution in [3.05, 3.63) is 113 Å². The van der Waals surface area contributed by atoms with E-state index in [1.54, 1.807) is 84.1 Å². The highest BCUT2D eigenvalue weighted by atomic mass is 16.5. The first-order chi connectivity index (χ1) is 29.6. The van der Waals surface area contributed by atoms with Crippen molar-refractivity contribution in [2.45, 2.75) is 45.6 Å². The van der Waals surface area contributed by atoms with Gasteiger partial charge in [0.1, 0.15) is 11.4 Å². The highest BCUT2D eigenvalue weighted by Crippen LogP contribution is 2.35. The lowest BCUT2D eigenvalue weighted by Gasteiger charge is -2.20. The molecule has 0 aliphatic carbocycles. The molecule has 2 N–H and O–H groups in total. The number of hydrogen-bond donors (Lipinski definition) is 2. The van der Waals surface area contributed by atoms with Crippen molar-refractivity contribution in [3.63, 3.8) is 0 Å². The molecule has 62 heavy (non-hydrogen) atoms. The van der Waals surface area contributed by atoms with Gasteiger partial charge in [-0.2, -0.15) is 9.78 Å². The number of Topliss-reactive ketones (excluding diaryl/α,β-unsaturated/α-hetero) is 2. The number of hydrogen-bond acceptors (Lipinski definition) is 11. The van der Waals surface area contributed by atoms with Gasteiger partial charge in [0.15, 0.2) is 23.0 Å². The fourth-order valence-electron chi connectivity index (χ4n) is 7.66. The van der Waals surface area contributed by atoms with Crippen LogP contribution in [-0.4, -0.2) is 99.0 Å². The molecule has 18 nitrogen and oxygen atoms in total. The molecule has 316 valence electrons. The lowest BCUT2D eigenvalue weighted by Crippen LogP contribution is -2.35. The molecular formula is C44H43N11O7. The maximum atomic E-state index is 13.5. The number of pyridine rings is 1. The van der Waals surface area contributed by atoms with Crippen LogP contribution in [0.5, 0.6) is 5.75 Å². The minimum absolute atomic E-state index is 0.0253. The van der Waals surface area contributed by atoms with E-state index in [4.69, 9.17) is 4.74 Å². The minimum atomic E-state index is -0.552. The molecule has 0 radical (unpaired) electrons. The molecule has 3 amide bonds. The summed E-state index contributed by atoms with van der Waals surface area (Å²) in [5.41, 5.74) is 5.13. The molecule has 1 saturated heterocycles. The van der Waals surface area contributed by atoms with Gasteiger partial charge in [-0.3, -0.25) is 33.8 Å². The molecule has 2 aliphatic rings. The van der Waals surface area contributed by atoms with Crippen LogP contribution in [0.15, 0.2) is 78.5 Å². The normalized spacial score (nSPS) is 14.5. The van der Waals surface area contributed by atoms with E-state index < -0.39 is 11.8 Å². The largest absolute Gasteiger partial charge is 0.493 e. The Labute approximate surface area is 354 Å². The average molecular weight is 838 g/mol. The number of fused-ring (bicyclic) bond motifs is 3. The Bertz CT molecular complexity index is 2910. The molecule has 1 aromatic carbocycles. The van der Waals surface area contributed by atoms with Gasteiger partial charge in [0.05, 0.1) is 41.5 Å². The quantitative estimate of drug-likeness (QED) is 0.0903. The number of ketones is 2. The molecule has 0 bridgehead atoms. The van der Waals surface area contributed by atoms with Crippen LogP contribution in [0.1, 0.15) is 89.6 Å². The molecule has 2 aliphatic heterocycles. The number of benzene rings is 1. The molecule has 0 unspecified atom stereocenters. The predicted molar refractivity (Wildman–Crippen MR) is 229 cm³/mol. The van der Waals surface area contributed by atoms with Gasteiger partial charge in [-0.15, -0.1) is 0 Å². The van der Waals surface area contributed by atoms with E-state index in [9.17, 15) is 28.8 Å². The Kier molecular flexibility index (Phi) is 10.8. The lowest BCUT2D eigenvalue weighted by molar-refractivity contribution is -0.116. The second-order valence-electron chi connectivity index (χ2n) is 15.6. The van der Waals surface area contributed by atoms with E-state index in [2.05, 4.69) is 37.3 Å². The average Bonchev–Trinajstić information content (AvgIpc) is 4.05. The number of nitrogens with zero attached hydrogens (tertiary/aromatic N) is 9.